The van der Waals surface area contributed by atoms with Crippen LogP contribution in [0.3, 0.4) is 0 Å². The van der Waals surface area contributed by atoms with E-state index in [0.29, 0.717) is 7.11 Å². The molecule has 1 unspecified atom stereocenters. The van der Waals surface area contributed by atoms with Crippen LogP contribution in [0.5, 0.6) is 0 Å². The summed E-state index contributed by atoms with van der Waals surface area (Å²) in [6.07, 6.45) is -13.0. The van der Waals surface area contributed by atoms with Gasteiger partial charge in [0.15, 0.2) is 5.92 Å². The van der Waals surface area contributed by atoms with Gasteiger partial charge < -0.3 is 9.84 Å². The highest BCUT2D eigenvalue weighted by Crippen LogP contribution is 2.64. The molecular formula is C14H9F17O4. The molecule has 0 heterocycles. The van der Waals surface area contributed by atoms with Gasteiger partial charge in [0.1, 0.15) is 0 Å². The summed E-state index contributed by atoms with van der Waals surface area (Å²) in [5.74, 6) is -64.8. The molecular weight excluding hydrogens is 555 g/mol. The molecule has 0 aromatic heterocycles. The van der Waals surface area contributed by atoms with Crippen LogP contribution in [0.25, 0.3) is 0 Å². The molecule has 1 N–H and O–H groups in total. The lowest BCUT2D eigenvalue weighted by molar-refractivity contribution is -0.461. The van der Waals surface area contributed by atoms with Crippen molar-refractivity contribution in [3.05, 3.63) is 0 Å². The number of carboxylic acid groups (broad SMARTS) is 1. The van der Waals surface area contributed by atoms with Crippen LogP contribution in [-0.2, 0) is 14.3 Å². The fraction of sp³-hybridized carbons (Fsp3) is 0.857. The number of hydrogen-bond donors (Lipinski definition) is 1. The summed E-state index contributed by atoms with van der Waals surface area (Å²) < 4.78 is 226. The molecule has 0 aromatic rings. The minimum absolute atomic E-state index is 0.401. The van der Waals surface area contributed by atoms with E-state index in [0.717, 1.165) is 0 Å². The number of alkyl halides is 17. The minimum Gasteiger partial charge on any atom is -0.481 e. The number of rotatable bonds is 11. The first kappa shape index (κ1) is 32.8. The van der Waals surface area contributed by atoms with Crippen molar-refractivity contribution in [1.82, 2.24) is 0 Å². The van der Waals surface area contributed by atoms with Crippen LogP contribution in [0.15, 0.2) is 0 Å². The number of halogens is 17. The number of ether oxygens (including phenoxy) is 1. The van der Waals surface area contributed by atoms with Crippen molar-refractivity contribution in [1.29, 1.82) is 0 Å². The molecule has 0 aliphatic rings. The zero-order valence-corrected chi connectivity index (χ0v) is 16.1. The average Bonchev–Trinajstić information content (AvgIpc) is 2.65. The zero-order chi connectivity index (χ0) is 28.9. The maximum absolute atomic E-state index is 13.7. The lowest BCUT2D eigenvalue weighted by Crippen LogP contribution is -2.74. The van der Waals surface area contributed by atoms with Crippen LogP contribution in [-0.4, -0.2) is 71.8 Å². The smallest absolute Gasteiger partial charge is 0.460 e. The van der Waals surface area contributed by atoms with E-state index in [1.807, 2.05) is 0 Å². The van der Waals surface area contributed by atoms with Gasteiger partial charge in [0.25, 0.3) is 0 Å². The van der Waals surface area contributed by atoms with E-state index in [4.69, 9.17) is 5.11 Å². The normalized spacial score (nSPS) is 16.2. The van der Waals surface area contributed by atoms with Gasteiger partial charge >= 0.3 is 59.6 Å². The lowest BCUT2D eigenvalue weighted by Gasteiger charge is -2.42. The quantitative estimate of drug-likeness (QED) is 0.200. The first-order valence-corrected chi connectivity index (χ1v) is 8.05. The summed E-state index contributed by atoms with van der Waals surface area (Å²) in [6, 6.07) is 0. The van der Waals surface area contributed by atoms with E-state index in [2.05, 4.69) is 4.74 Å². The fourth-order valence-corrected chi connectivity index (χ4v) is 2.16. The molecule has 0 spiro atoms. The fourth-order valence-electron chi connectivity index (χ4n) is 2.16. The third-order valence-corrected chi connectivity index (χ3v) is 4.32. The molecule has 21 heteroatoms. The summed E-state index contributed by atoms with van der Waals surface area (Å²) in [5, 5.41) is 8.55. The number of carboxylic acids is 1. The van der Waals surface area contributed by atoms with Crippen molar-refractivity contribution < 1.29 is 94.1 Å². The van der Waals surface area contributed by atoms with E-state index < -0.39 is 78.3 Å². The monoisotopic (exact) mass is 564 g/mol. The van der Waals surface area contributed by atoms with Crippen molar-refractivity contribution in [2.24, 2.45) is 5.92 Å². The van der Waals surface area contributed by atoms with Gasteiger partial charge in [0.05, 0.1) is 7.11 Å². The molecule has 0 saturated heterocycles. The number of aliphatic carboxylic acids is 1. The Morgan fingerprint density at radius 3 is 1.23 bits per heavy atom. The van der Waals surface area contributed by atoms with Gasteiger partial charge in [-0.15, -0.1) is 0 Å². The Hall–Kier alpha value is -2.25. The first-order valence-electron chi connectivity index (χ1n) is 8.05. The Morgan fingerprint density at radius 1 is 0.629 bits per heavy atom. The largest absolute Gasteiger partial charge is 0.481 e. The Bertz CT molecular complexity index is 801. The maximum Gasteiger partial charge on any atom is 0.460 e. The van der Waals surface area contributed by atoms with Crippen molar-refractivity contribution in [3.63, 3.8) is 0 Å². The summed E-state index contributed by atoms with van der Waals surface area (Å²) in [7, 11) is 0.401. The van der Waals surface area contributed by atoms with Gasteiger partial charge in [-0.05, 0) is 6.42 Å². The standard InChI is InChI=1S/C14H9F17O4/c1-35-6(34)4(5(32)33)2-3-7(15,16)8(17,18)9(19,20)10(21,22)11(23,24)12(25,26)13(27,28)14(29,30)31/h4H,2-3H2,1H3,(H,32,33). The molecule has 35 heavy (non-hydrogen) atoms. The van der Waals surface area contributed by atoms with Crippen LogP contribution in [0, 0.1) is 5.92 Å². The SMILES string of the molecule is COC(=O)C(CCC(F)(F)C(F)(F)C(F)(F)C(F)(F)C(F)(F)C(F)(F)C(F)(F)C(F)(F)F)C(=O)O. The molecule has 0 bridgehead atoms. The molecule has 1 atom stereocenters. The predicted octanol–water partition coefficient (Wildman–Crippen LogP) is 5.65. The molecule has 0 saturated carbocycles. The van der Waals surface area contributed by atoms with Crippen molar-refractivity contribution >= 4 is 11.9 Å². The van der Waals surface area contributed by atoms with Gasteiger partial charge in [0, 0.05) is 6.42 Å². The minimum atomic E-state index is -8.75. The van der Waals surface area contributed by atoms with Gasteiger partial charge in [-0.25, -0.2) is 0 Å². The zero-order valence-electron chi connectivity index (χ0n) is 16.1. The summed E-state index contributed by atoms with van der Waals surface area (Å²) in [5.41, 5.74) is 0. The van der Waals surface area contributed by atoms with Crippen molar-refractivity contribution in [2.75, 3.05) is 7.11 Å². The Kier molecular flexibility index (Phi) is 8.42. The van der Waals surface area contributed by atoms with Crippen LogP contribution >= 0.6 is 0 Å². The molecule has 0 aromatic carbocycles. The summed E-state index contributed by atoms with van der Waals surface area (Å²) in [4.78, 5) is 21.7. The molecule has 0 aliphatic heterocycles. The van der Waals surface area contributed by atoms with Gasteiger partial charge in [-0.1, -0.05) is 0 Å². The molecule has 0 fully saturated rings. The number of carbonyl (C=O) groups is 2. The Balaban J connectivity index is 6.54. The van der Waals surface area contributed by atoms with Crippen molar-refractivity contribution in [3.8, 4) is 0 Å². The van der Waals surface area contributed by atoms with Crippen LogP contribution in [0.1, 0.15) is 12.8 Å². The summed E-state index contributed by atoms with van der Waals surface area (Å²) in [6.45, 7) is 0. The third kappa shape index (κ3) is 4.77. The second kappa shape index (κ2) is 9.00. The van der Waals surface area contributed by atoms with Gasteiger partial charge in [-0.3, -0.25) is 9.59 Å². The Morgan fingerprint density at radius 2 is 0.943 bits per heavy atom. The van der Waals surface area contributed by atoms with Gasteiger partial charge in [0.2, 0.25) is 0 Å². The number of methoxy groups -OCH3 is 1. The molecule has 0 radical (unpaired) electrons. The van der Waals surface area contributed by atoms with E-state index in [-0.39, 0.29) is 0 Å². The van der Waals surface area contributed by atoms with Crippen LogP contribution < -0.4 is 0 Å². The molecule has 0 rings (SSSR count). The van der Waals surface area contributed by atoms with E-state index in [1.165, 1.54) is 0 Å². The number of esters is 1. The van der Waals surface area contributed by atoms with Gasteiger partial charge in [-0.2, -0.15) is 74.6 Å². The summed E-state index contributed by atoms with van der Waals surface area (Å²) >= 11 is 0. The second-order valence-electron chi connectivity index (χ2n) is 6.60. The maximum atomic E-state index is 13.7. The molecule has 208 valence electrons. The average molecular weight is 564 g/mol. The number of carbonyl (C=O) groups excluding carboxylic acids is 1. The second-order valence-corrected chi connectivity index (χ2v) is 6.60. The lowest BCUT2D eigenvalue weighted by atomic mass is 9.87. The van der Waals surface area contributed by atoms with E-state index in [9.17, 15) is 84.2 Å². The van der Waals surface area contributed by atoms with E-state index in [1.54, 1.807) is 0 Å². The number of hydrogen-bond acceptors (Lipinski definition) is 3. The topological polar surface area (TPSA) is 63.6 Å². The molecule has 4 nitrogen and oxygen atoms in total. The highest BCUT2D eigenvalue weighted by molar-refractivity contribution is 5.93. The predicted molar refractivity (Wildman–Crippen MR) is 73.1 cm³/mol. The van der Waals surface area contributed by atoms with E-state index >= 15 is 0 Å². The third-order valence-electron chi connectivity index (χ3n) is 4.32. The van der Waals surface area contributed by atoms with Crippen LogP contribution in [0.4, 0.5) is 74.6 Å². The van der Waals surface area contributed by atoms with Crippen LogP contribution in [0.2, 0.25) is 0 Å². The highest BCUT2D eigenvalue weighted by Gasteiger charge is 2.95. The first-order chi connectivity index (χ1) is 15.0. The highest BCUT2D eigenvalue weighted by atomic mass is 19.4. The molecule has 0 aliphatic carbocycles. The Labute approximate surface area is 181 Å². The molecule has 0 amide bonds. The van der Waals surface area contributed by atoms with Crippen molar-refractivity contribution in [2.45, 2.75) is 60.5 Å².